The van der Waals surface area contributed by atoms with Crippen LogP contribution in [0.15, 0.2) is 76.3 Å². The van der Waals surface area contributed by atoms with Gasteiger partial charge in [-0.1, -0.05) is 18.2 Å². The Labute approximate surface area is 248 Å². The zero-order chi connectivity index (χ0) is 30.7. The second-order valence-corrected chi connectivity index (χ2v) is 10.4. The van der Waals surface area contributed by atoms with Crippen LogP contribution in [-0.2, 0) is 17.9 Å². The molecule has 0 saturated heterocycles. The molecular formula is C30H27F2N5O5S. The van der Waals surface area contributed by atoms with Crippen LogP contribution in [0, 0.1) is 11.6 Å². The number of fused-ring (bicyclic) bond motifs is 1. The third kappa shape index (κ3) is 5.78. The van der Waals surface area contributed by atoms with Gasteiger partial charge in [0.25, 0.3) is 5.56 Å². The SMILES string of the molecule is CNCc1c(-c2ccc(NC(=O)NOC)cc2)sc2c1c(=O)n(-c1ccc(OC)cc1)c(=O)n2Cc1c(F)cccc1F. The summed E-state index contributed by atoms with van der Waals surface area (Å²) in [6.07, 6.45) is 0. The lowest BCUT2D eigenvalue weighted by Gasteiger charge is -2.14. The molecule has 222 valence electrons. The number of ether oxygens (including phenoxy) is 1. The zero-order valence-corrected chi connectivity index (χ0v) is 24.2. The predicted octanol–water partition coefficient (Wildman–Crippen LogP) is 4.62. The Bertz CT molecular complexity index is 1900. The Balaban J connectivity index is 1.77. The fourth-order valence-electron chi connectivity index (χ4n) is 4.74. The number of thiophene rings is 1. The van der Waals surface area contributed by atoms with E-state index in [1.807, 2.05) is 0 Å². The number of nitrogens with zero attached hydrogens (tertiary/aromatic N) is 2. The average Bonchev–Trinajstić information content (AvgIpc) is 3.37. The molecule has 5 aromatic rings. The molecule has 0 spiro atoms. The van der Waals surface area contributed by atoms with E-state index in [4.69, 9.17) is 4.74 Å². The Morgan fingerprint density at radius 3 is 2.21 bits per heavy atom. The van der Waals surface area contributed by atoms with Crippen molar-refractivity contribution < 1.29 is 23.1 Å². The first-order valence-electron chi connectivity index (χ1n) is 13.0. The highest BCUT2D eigenvalue weighted by atomic mass is 32.1. The molecule has 0 atom stereocenters. The summed E-state index contributed by atoms with van der Waals surface area (Å²) >= 11 is 1.17. The van der Waals surface area contributed by atoms with Gasteiger partial charge in [-0.25, -0.2) is 28.4 Å². The normalized spacial score (nSPS) is 11.1. The fraction of sp³-hybridized carbons (Fsp3) is 0.167. The third-order valence-corrected chi connectivity index (χ3v) is 8.04. The van der Waals surface area contributed by atoms with Crippen LogP contribution < -0.4 is 32.1 Å². The molecule has 2 aromatic heterocycles. The number of aromatic nitrogens is 2. The maximum Gasteiger partial charge on any atom is 0.343 e. The van der Waals surface area contributed by atoms with E-state index in [1.165, 1.54) is 36.2 Å². The summed E-state index contributed by atoms with van der Waals surface area (Å²) in [6, 6.07) is 16.2. The largest absolute Gasteiger partial charge is 0.497 e. The number of methoxy groups -OCH3 is 1. The van der Waals surface area contributed by atoms with Gasteiger partial charge >= 0.3 is 11.7 Å². The zero-order valence-electron chi connectivity index (χ0n) is 23.4. The highest BCUT2D eigenvalue weighted by Crippen LogP contribution is 2.38. The number of hydrogen-bond donors (Lipinski definition) is 3. The molecule has 0 radical (unpaired) electrons. The monoisotopic (exact) mass is 607 g/mol. The van der Waals surface area contributed by atoms with Crippen LogP contribution in [0.25, 0.3) is 26.3 Å². The molecule has 2 heterocycles. The number of hydrogen-bond acceptors (Lipinski definition) is 7. The lowest BCUT2D eigenvalue weighted by molar-refractivity contribution is 0.114. The van der Waals surface area contributed by atoms with Gasteiger partial charge in [0.05, 0.1) is 31.8 Å². The smallest absolute Gasteiger partial charge is 0.343 e. The van der Waals surface area contributed by atoms with Gasteiger partial charge in [-0.15, -0.1) is 11.3 Å². The van der Waals surface area contributed by atoms with Crippen molar-refractivity contribution in [1.29, 1.82) is 0 Å². The quantitative estimate of drug-likeness (QED) is 0.211. The van der Waals surface area contributed by atoms with Gasteiger partial charge in [-0.3, -0.25) is 14.2 Å². The summed E-state index contributed by atoms with van der Waals surface area (Å²) in [7, 11) is 4.54. The molecule has 43 heavy (non-hydrogen) atoms. The van der Waals surface area contributed by atoms with Crippen molar-refractivity contribution in [2.45, 2.75) is 13.1 Å². The minimum atomic E-state index is -0.810. The first-order chi connectivity index (χ1) is 20.8. The number of urea groups is 1. The van der Waals surface area contributed by atoms with Crippen LogP contribution in [0.2, 0.25) is 0 Å². The van der Waals surface area contributed by atoms with Crippen molar-refractivity contribution in [3.05, 3.63) is 110 Å². The number of benzene rings is 3. The minimum Gasteiger partial charge on any atom is -0.497 e. The molecule has 5 rings (SSSR count). The summed E-state index contributed by atoms with van der Waals surface area (Å²) in [6.45, 7) is -0.184. The number of halogens is 2. The molecule has 0 aliphatic carbocycles. The number of nitrogens with one attached hydrogen (secondary N) is 3. The molecule has 0 aliphatic heterocycles. The van der Waals surface area contributed by atoms with E-state index in [1.54, 1.807) is 55.6 Å². The number of carbonyl (C=O) groups excluding carboxylic acids is 1. The molecule has 13 heteroatoms. The number of carbonyl (C=O) groups is 1. The van der Waals surface area contributed by atoms with Crippen molar-refractivity contribution in [3.8, 4) is 21.9 Å². The van der Waals surface area contributed by atoms with Gasteiger partial charge in [-0.05, 0) is 66.7 Å². The third-order valence-electron chi connectivity index (χ3n) is 6.73. The van der Waals surface area contributed by atoms with Crippen LogP contribution in [0.5, 0.6) is 5.75 Å². The Hall–Kier alpha value is -4.85. The Morgan fingerprint density at radius 2 is 1.60 bits per heavy atom. The molecule has 10 nitrogen and oxygen atoms in total. The van der Waals surface area contributed by atoms with Crippen LogP contribution in [-0.4, -0.2) is 36.4 Å². The van der Waals surface area contributed by atoms with Gasteiger partial charge in [0.2, 0.25) is 0 Å². The maximum absolute atomic E-state index is 14.8. The van der Waals surface area contributed by atoms with Crippen molar-refractivity contribution in [2.24, 2.45) is 0 Å². The van der Waals surface area contributed by atoms with E-state index in [-0.39, 0.29) is 28.0 Å². The molecule has 3 N–H and O–H groups in total. The van der Waals surface area contributed by atoms with E-state index in [9.17, 15) is 23.2 Å². The van der Waals surface area contributed by atoms with E-state index >= 15 is 0 Å². The molecular weight excluding hydrogens is 580 g/mol. The van der Waals surface area contributed by atoms with Gasteiger partial charge in [0.1, 0.15) is 22.2 Å². The van der Waals surface area contributed by atoms with Crippen molar-refractivity contribution in [1.82, 2.24) is 19.9 Å². The van der Waals surface area contributed by atoms with Crippen LogP contribution >= 0.6 is 11.3 Å². The second-order valence-electron chi connectivity index (χ2n) is 9.37. The van der Waals surface area contributed by atoms with E-state index in [2.05, 4.69) is 21.0 Å². The summed E-state index contributed by atoms with van der Waals surface area (Å²) in [5.74, 6) is -1.09. The second kappa shape index (κ2) is 12.6. The van der Waals surface area contributed by atoms with Gasteiger partial charge < -0.3 is 15.4 Å². The molecule has 0 bridgehead atoms. The van der Waals surface area contributed by atoms with Gasteiger partial charge in [0.15, 0.2) is 0 Å². The van der Waals surface area contributed by atoms with Crippen molar-refractivity contribution >= 4 is 33.3 Å². The van der Waals surface area contributed by atoms with E-state index in [0.29, 0.717) is 27.4 Å². The topological polar surface area (TPSA) is 116 Å². The Morgan fingerprint density at radius 1 is 0.930 bits per heavy atom. The first-order valence-corrected chi connectivity index (χ1v) is 13.8. The van der Waals surface area contributed by atoms with Crippen LogP contribution in [0.4, 0.5) is 19.3 Å². The molecule has 0 aliphatic rings. The first kappa shape index (κ1) is 29.6. The lowest BCUT2D eigenvalue weighted by atomic mass is 10.1. The van der Waals surface area contributed by atoms with Gasteiger partial charge in [0, 0.05) is 22.7 Å². The van der Waals surface area contributed by atoms with Crippen molar-refractivity contribution in [2.75, 3.05) is 26.6 Å². The fourth-order valence-corrected chi connectivity index (χ4v) is 6.05. The average molecular weight is 608 g/mol. The molecule has 2 amide bonds. The highest BCUT2D eigenvalue weighted by molar-refractivity contribution is 7.22. The maximum atomic E-state index is 14.8. The number of anilines is 1. The van der Waals surface area contributed by atoms with Crippen molar-refractivity contribution in [3.63, 3.8) is 0 Å². The predicted molar refractivity (Wildman–Crippen MR) is 161 cm³/mol. The van der Waals surface area contributed by atoms with E-state index < -0.39 is 35.5 Å². The summed E-state index contributed by atoms with van der Waals surface area (Å²) in [5, 5.41) is 5.94. The molecule has 3 aromatic carbocycles. The number of amides is 2. The highest BCUT2D eigenvalue weighted by Gasteiger charge is 2.24. The number of rotatable bonds is 9. The van der Waals surface area contributed by atoms with Gasteiger partial charge in [-0.2, -0.15) is 0 Å². The summed E-state index contributed by atoms with van der Waals surface area (Å²) < 4.78 is 37.1. The summed E-state index contributed by atoms with van der Waals surface area (Å²) in [4.78, 5) is 45.5. The minimum absolute atomic E-state index is 0.239. The molecule has 0 saturated carbocycles. The van der Waals surface area contributed by atoms with Crippen LogP contribution in [0.1, 0.15) is 11.1 Å². The molecule has 0 fully saturated rings. The lowest BCUT2D eigenvalue weighted by Crippen LogP contribution is -2.39. The standard InChI is InChI=1S/C30H27F2N5O5S/c1-33-15-21-25-27(38)37(19-11-13-20(41-2)14-12-19)30(40)36(16-22-23(31)5-4-6-24(22)32)28(25)43-26(21)17-7-9-18(10-8-17)34-29(39)35-42-3/h4-14,33H,15-16H2,1-3H3,(H2,34,35,39). The molecule has 0 unspecified atom stereocenters. The van der Waals surface area contributed by atoms with Crippen LogP contribution in [0.3, 0.4) is 0 Å². The summed E-state index contributed by atoms with van der Waals surface area (Å²) in [5.41, 5.74) is 2.61. The van der Waals surface area contributed by atoms with E-state index in [0.717, 1.165) is 16.7 Å². The number of hydroxylamine groups is 1. The Kier molecular flexibility index (Phi) is 8.66.